The van der Waals surface area contributed by atoms with Gasteiger partial charge in [-0.1, -0.05) is 0 Å². The van der Waals surface area contributed by atoms with Crippen molar-refractivity contribution in [2.75, 3.05) is 42.6 Å². The molecule has 0 saturated carbocycles. The van der Waals surface area contributed by atoms with Crippen LogP contribution in [0.15, 0.2) is 18.2 Å². The van der Waals surface area contributed by atoms with E-state index in [1.165, 1.54) is 11.0 Å². The lowest BCUT2D eigenvalue weighted by Gasteiger charge is -2.33. The largest absolute Gasteiger partial charge is 0.416 e. The van der Waals surface area contributed by atoms with Crippen molar-refractivity contribution in [2.45, 2.75) is 12.6 Å². The van der Waals surface area contributed by atoms with Gasteiger partial charge in [-0.3, -0.25) is 9.59 Å². The van der Waals surface area contributed by atoms with Crippen LogP contribution in [0.25, 0.3) is 0 Å². The predicted molar refractivity (Wildman–Crippen MR) is 85.8 cm³/mol. The number of rotatable bonds is 3. The maximum atomic E-state index is 13.1. The third-order valence-electron chi connectivity index (χ3n) is 4.39. The molecule has 2 aliphatic rings. The highest BCUT2D eigenvalue weighted by molar-refractivity contribution is 6.64. The molecule has 2 heterocycles. The van der Waals surface area contributed by atoms with Crippen LogP contribution in [0.4, 0.5) is 24.5 Å². The summed E-state index contributed by atoms with van der Waals surface area (Å²) in [6.07, 6.45) is -4.62. The third kappa shape index (κ3) is 3.74. The number of amides is 1. The van der Waals surface area contributed by atoms with Gasteiger partial charge in [0.2, 0.25) is 11.1 Å². The van der Waals surface area contributed by atoms with Gasteiger partial charge in [0.05, 0.1) is 36.1 Å². The molecule has 0 aliphatic carbocycles. The molecule has 2 aliphatic heterocycles. The number of hydrogen-bond donors (Lipinski definition) is 0. The van der Waals surface area contributed by atoms with Crippen molar-refractivity contribution in [3.8, 4) is 0 Å². The molecule has 25 heavy (non-hydrogen) atoms. The second-order valence-corrected chi connectivity index (χ2v) is 6.38. The van der Waals surface area contributed by atoms with E-state index >= 15 is 0 Å². The van der Waals surface area contributed by atoms with Crippen molar-refractivity contribution in [3.05, 3.63) is 23.8 Å². The number of benzene rings is 1. The van der Waals surface area contributed by atoms with Crippen molar-refractivity contribution in [3.63, 3.8) is 0 Å². The molecule has 9 heteroatoms. The summed E-state index contributed by atoms with van der Waals surface area (Å²) in [6, 6.07) is 3.33. The molecule has 136 valence electrons. The second kappa shape index (κ2) is 6.84. The Morgan fingerprint density at radius 3 is 2.44 bits per heavy atom. The fourth-order valence-corrected chi connectivity index (χ4v) is 3.23. The normalized spacial score (nSPS) is 21.8. The summed E-state index contributed by atoms with van der Waals surface area (Å²) < 4.78 is 44.6. The van der Waals surface area contributed by atoms with E-state index in [1.807, 2.05) is 4.90 Å². The quantitative estimate of drug-likeness (QED) is 0.761. The number of hydrogen-bond acceptors (Lipinski definition) is 4. The maximum absolute atomic E-state index is 13.1. The van der Waals surface area contributed by atoms with Gasteiger partial charge in [-0.15, -0.1) is 0 Å². The molecule has 1 atom stereocenters. The minimum Gasteiger partial charge on any atom is -0.378 e. The van der Waals surface area contributed by atoms with Crippen LogP contribution in [0.3, 0.4) is 0 Å². The molecule has 2 fully saturated rings. The number of alkyl halides is 3. The number of nitrogens with zero attached hydrogens (tertiary/aromatic N) is 2. The fourth-order valence-electron chi connectivity index (χ4n) is 3.08. The summed E-state index contributed by atoms with van der Waals surface area (Å²) in [6.45, 7) is 1.92. The zero-order valence-electron chi connectivity index (χ0n) is 13.2. The van der Waals surface area contributed by atoms with Gasteiger partial charge in [0.1, 0.15) is 0 Å². The Bertz CT molecular complexity index is 690. The molecular formula is C16H16ClF3N2O3. The molecule has 0 bridgehead atoms. The van der Waals surface area contributed by atoms with Gasteiger partial charge in [-0.2, -0.15) is 13.2 Å². The molecule has 1 unspecified atom stereocenters. The molecule has 3 rings (SSSR count). The molecule has 1 aromatic rings. The minimum atomic E-state index is -4.53. The summed E-state index contributed by atoms with van der Waals surface area (Å²) in [5.74, 6) is -1.12. The SMILES string of the molecule is O=C(Cl)C1CC(=O)N(c2cc(C(F)(F)F)ccc2N2CCOCC2)C1. The van der Waals surface area contributed by atoms with E-state index in [9.17, 15) is 22.8 Å². The van der Waals surface area contributed by atoms with Crippen LogP contribution in [0.1, 0.15) is 12.0 Å². The average molecular weight is 377 g/mol. The van der Waals surface area contributed by atoms with Crippen LogP contribution >= 0.6 is 11.6 Å². The monoisotopic (exact) mass is 376 g/mol. The van der Waals surface area contributed by atoms with Crippen LogP contribution in [-0.2, 0) is 20.5 Å². The van der Waals surface area contributed by atoms with E-state index in [1.54, 1.807) is 0 Å². The van der Waals surface area contributed by atoms with Crippen molar-refractivity contribution < 1.29 is 27.5 Å². The van der Waals surface area contributed by atoms with Crippen LogP contribution in [-0.4, -0.2) is 44.0 Å². The minimum absolute atomic E-state index is 0.0141. The van der Waals surface area contributed by atoms with Gasteiger partial charge in [0.25, 0.3) is 0 Å². The molecule has 0 spiro atoms. The van der Waals surface area contributed by atoms with E-state index < -0.39 is 28.8 Å². The Hall–Kier alpha value is -1.80. The van der Waals surface area contributed by atoms with E-state index in [2.05, 4.69) is 0 Å². The molecule has 0 N–H and O–H groups in total. The van der Waals surface area contributed by atoms with Gasteiger partial charge in [0, 0.05) is 26.1 Å². The Morgan fingerprint density at radius 2 is 1.88 bits per heavy atom. The summed E-state index contributed by atoms with van der Waals surface area (Å²) in [5.41, 5.74) is -0.164. The highest BCUT2D eigenvalue weighted by Gasteiger charge is 2.38. The Balaban J connectivity index is 2.01. The number of carbonyl (C=O) groups is 2. The summed E-state index contributed by atoms with van der Waals surface area (Å²) in [4.78, 5) is 26.7. The Kier molecular flexibility index (Phi) is 4.92. The first-order valence-electron chi connectivity index (χ1n) is 7.81. The summed E-state index contributed by atoms with van der Waals surface area (Å²) in [5, 5.41) is -0.657. The van der Waals surface area contributed by atoms with Crippen LogP contribution in [0.5, 0.6) is 0 Å². The summed E-state index contributed by atoms with van der Waals surface area (Å²) >= 11 is 5.47. The van der Waals surface area contributed by atoms with Gasteiger partial charge >= 0.3 is 6.18 Å². The van der Waals surface area contributed by atoms with Gasteiger partial charge in [-0.25, -0.2) is 0 Å². The lowest BCUT2D eigenvalue weighted by molar-refractivity contribution is -0.137. The lowest BCUT2D eigenvalue weighted by Crippen LogP contribution is -2.38. The van der Waals surface area contributed by atoms with Crippen LogP contribution < -0.4 is 9.80 Å². The van der Waals surface area contributed by atoms with E-state index in [4.69, 9.17) is 16.3 Å². The number of morpholine rings is 1. The van der Waals surface area contributed by atoms with Gasteiger partial charge in [-0.05, 0) is 29.8 Å². The van der Waals surface area contributed by atoms with Gasteiger partial charge in [0.15, 0.2) is 0 Å². The van der Waals surface area contributed by atoms with E-state index in [0.29, 0.717) is 32.0 Å². The molecule has 1 aromatic carbocycles. The number of carbonyl (C=O) groups excluding carboxylic acids is 2. The zero-order chi connectivity index (χ0) is 18.2. The molecule has 2 saturated heterocycles. The van der Waals surface area contributed by atoms with Crippen molar-refractivity contribution >= 4 is 34.1 Å². The third-order valence-corrected chi connectivity index (χ3v) is 4.70. The zero-order valence-corrected chi connectivity index (χ0v) is 13.9. The Morgan fingerprint density at radius 1 is 1.20 bits per heavy atom. The highest BCUT2D eigenvalue weighted by atomic mass is 35.5. The number of ether oxygens (including phenoxy) is 1. The van der Waals surface area contributed by atoms with E-state index in [-0.39, 0.29) is 18.7 Å². The molecule has 0 aromatic heterocycles. The first-order chi connectivity index (χ1) is 11.8. The van der Waals surface area contributed by atoms with Gasteiger partial charge < -0.3 is 14.5 Å². The smallest absolute Gasteiger partial charge is 0.378 e. The van der Waals surface area contributed by atoms with Crippen molar-refractivity contribution in [1.82, 2.24) is 0 Å². The average Bonchev–Trinajstić information content (AvgIpc) is 2.96. The first-order valence-corrected chi connectivity index (χ1v) is 8.19. The van der Waals surface area contributed by atoms with Crippen LogP contribution in [0, 0.1) is 5.92 Å². The lowest BCUT2D eigenvalue weighted by atomic mass is 10.1. The topological polar surface area (TPSA) is 49.9 Å². The molecular weight excluding hydrogens is 361 g/mol. The second-order valence-electron chi connectivity index (χ2n) is 6.01. The highest BCUT2D eigenvalue weighted by Crippen LogP contribution is 2.39. The van der Waals surface area contributed by atoms with E-state index in [0.717, 1.165) is 12.1 Å². The Labute approximate surface area is 147 Å². The molecule has 1 amide bonds. The van der Waals surface area contributed by atoms with Crippen molar-refractivity contribution in [1.29, 1.82) is 0 Å². The maximum Gasteiger partial charge on any atom is 0.416 e. The summed E-state index contributed by atoms with van der Waals surface area (Å²) in [7, 11) is 0. The fraction of sp³-hybridized carbons (Fsp3) is 0.500. The first kappa shape index (κ1) is 18.0. The van der Waals surface area contributed by atoms with Crippen LogP contribution in [0.2, 0.25) is 0 Å². The molecule has 5 nitrogen and oxygen atoms in total. The molecule has 0 radical (unpaired) electrons. The predicted octanol–water partition coefficient (Wildman–Crippen LogP) is 2.66. The number of anilines is 2. The van der Waals surface area contributed by atoms with Crippen molar-refractivity contribution in [2.24, 2.45) is 5.92 Å². The number of halogens is 4. The standard InChI is InChI=1S/C16H16ClF3N2O3/c17-15(24)10-7-14(23)22(9-10)13-8-11(16(18,19)20)1-2-12(13)21-3-5-25-6-4-21/h1-2,8,10H,3-7,9H2.